The van der Waals surface area contributed by atoms with E-state index in [1.54, 1.807) is 17.1 Å². The summed E-state index contributed by atoms with van der Waals surface area (Å²) in [7, 11) is 2.08. The van der Waals surface area contributed by atoms with Gasteiger partial charge in [-0.1, -0.05) is 13.3 Å². The Bertz CT molecular complexity index is 611. The summed E-state index contributed by atoms with van der Waals surface area (Å²) in [4.78, 5) is 11.3. The summed E-state index contributed by atoms with van der Waals surface area (Å²) in [5, 5.41) is 7.56. The molecule has 0 fully saturated rings. The number of unbranched alkanes of at least 4 members (excludes halogenated alkanes) is 1. The first-order valence-corrected chi connectivity index (χ1v) is 8.19. The van der Waals surface area contributed by atoms with Crippen LogP contribution in [0.5, 0.6) is 0 Å². The summed E-state index contributed by atoms with van der Waals surface area (Å²) in [6, 6.07) is 5.90. The molecule has 0 saturated carbocycles. The second-order valence-electron chi connectivity index (χ2n) is 5.42. The Morgan fingerprint density at radius 1 is 1.33 bits per heavy atom. The fraction of sp³-hybridized carbons (Fsp3) is 0.471. The lowest BCUT2D eigenvalue weighted by Gasteiger charge is -2.21. The molecule has 2 aromatic rings. The number of pyridine rings is 1. The van der Waals surface area contributed by atoms with Gasteiger partial charge in [-0.25, -0.2) is 14.7 Å². The Kier molecular flexibility index (Phi) is 9.36. The summed E-state index contributed by atoms with van der Waals surface area (Å²) >= 11 is 0. The maximum atomic E-state index is 4.73. The monoisotopic (exact) mass is 442 g/mol. The summed E-state index contributed by atoms with van der Waals surface area (Å²) < 4.78 is 1.76. The number of guanidine groups is 1. The number of aliphatic imine (C=N–C) groups is 1. The van der Waals surface area contributed by atoms with Crippen LogP contribution in [0.25, 0.3) is 5.82 Å². The SMILES string of the molecule is CCCCN(C)C(=NCc1ccnc(-n2cccn2)c1)NCC.I. The molecule has 0 unspecified atom stereocenters. The van der Waals surface area contributed by atoms with Crippen LogP contribution in [0.3, 0.4) is 0 Å². The van der Waals surface area contributed by atoms with Gasteiger partial charge < -0.3 is 10.2 Å². The summed E-state index contributed by atoms with van der Waals surface area (Å²) in [5.41, 5.74) is 1.12. The van der Waals surface area contributed by atoms with E-state index in [-0.39, 0.29) is 24.0 Å². The average Bonchev–Trinajstić information content (AvgIpc) is 3.11. The van der Waals surface area contributed by atoms with Crippen LogP contribution in [0, 0.1) is 0 Å². The van der Waals surface area contributed by atoms with E-state index in [0.29, 0.717) is 6.54 Å². The van der Waals surface area contributed by atoms with Gasteiger partial charge in [0, 0.05) is 38.7 Å². The van der Waals surface area contributed by atoms with Gasteiger partial charge in [-0.3, -0.25) is 0 Å². The number of aromatic nitrogens is 3. The zero-order valence-corrected chi connectivity index (χ0v) is 17.0. The molecule has 132 valence electrons. The zero-order valence-electron chi connectivity index (χ0n) is 14.6. The van der Waals surface area contributed by atoms with Crippen molar-refractivity contribution in [1.29, 1.82) is 0 Å². The molecular weight excluding hydrogens is 415 g/mol. The molecule has 0 aliphatic heterocycles. The lowest BCUT2D eigenvalue weighted by Crippen LogP contribution is -2.39. The molecule has 0 radical (unpaired) electrons. The van der Waals surface area contributed by atoms with Crippen molar-refractivity contribution in [3.05, 3.63) is 42.4 Å². The van der Waals surface area contributed by atoms with Gasteiger partial charge in [0.05, 0.1) is 6.54 Å². The Balaban J connectivity index is 0.00000288. The largest absolute Gasteiger partial charge is 0.357 e. The zero-order chi connectivity index (χ0) is 16.5. The lowest BCUT2D eigenvalue weighted by atomic mass is 10.2. The molecule has 2 aromatic heterocycles. The minimum Gasteiger partial charge on any atom is -0.357 e. The van der Waals surface area contributed by atoms with Crippen LogP contribution in [0.1, 0.15) is 32.3 Å². The van der Waals surface area contributed by atoms with E-state index in [0.717, 1.165) is 30.4 Å². The number of hydrogen-bond donors (Lipinski definition) is 1. The lowest BCUT2D eigenvalue weighted by molar-refractivity contribution is 0.465. The molecule has 7 heteroatoms. The average molecular weight is 442 g/mol. The maximum Gasteiger partial charge on any atom is 0.193 e. The van der Waals surface area contributed by atoms with E-state index in [1.807, 2.05) is 24.4 Å². The van der Waals surface area contributed by atoms with Crippen molar-refractivity contribution in [2.24, 2.45) is 4.99 Å². The quantitative estimate of drug-likeness (QED) is 0.407. The molecule has 2 heterocycles. The van der Waals surface area contributed by atoms with Crippen molar-refractivity contribution in [2.45, 2.75) is 33.2 Å². The van der Waals surface area contributed by atoms with Crippen molar-refractivity contribution in [3.63, 3.8) is 0 Å². The van der Waals surface area contributed by atoms with Crippen molar-refractivity contribution in [1.82, 2.24) is 25.0 Å². The molecule has 0 bridgehead atoms. The minimum atomic E-state index is 0. The van der Waals surface area contributed by atoms with Crippen LogP contribution >= 0.6 is 24.0 Å². The van der Waals surface area contributed by atoms with Crippen LogP contribution in [-0.4, -0.2) is 45.8 Å². The second-order valence-corrected chi connectivity index (χ2v) is 5.42. The molecule has 1 N–H and O–H groups in total. The van der Waals surface area contributed by atoms with Crippen LogP contribution < -0.4 is 5.32 Å². The number of hydrogen-bond acceptors (Lipinski definition) is 3. The van der Waals surface area contributed by atoms with Crippen molar-refractivity contribution in [2.75, 3.05) is 20.1 Å². The van der Waals surface area contributed by atoms with E-state index in [1.165, 1.54) is 12.8 Å². The fourth-order valence-electron chi connectivity index (χ4n) is 2.23. The standard InChI is InChI=1S/C17H26N6.HI/c1-4-6-11-22(3)17(18-5-2)20-14-15-8-10-19-16(13-15)23-12-7-9-21-23;/h7-10,12-13H,4-6,11,14H2,1-3H3,(H,18,20);1H. The van der Waals surface area contributed by atoms with Crippen LogP contribution in [0.2, 0.25) is 0 Å². The molecule has 0 aliphatic rings. The van der Waals surface area contributed by atoms with Crippen LogP contribution in [-0.2, 0) is 6.54 Å². The molecule has 24 heavy (non-hydrogen) atoms. The predicted molar refractivity (Wildman–Crippen MR) is 109 cm³/mol. The molecule has 0 aliphatic carbocycles. The molecule has 0 amide bonds. The van der Waals surface area contributed by atoms with Gasteiger partial charge in [0.25, 0.3) is 0 Å². The molecule has 0 aromatic carbocycles. The van der Waals surface area contributed by atoms with Crippen molar-refractivity contribution < 1.29 is 0 Å². The van der Waals surface area contributed by atoms with Gasteiger partial charge in [-0.2, -0.15) is 5.10 Å². The van der Waals surface area contributed by atoms with E-state index < -0.39 is 0 Å². The first kappa shape index (κ1) is 20.4. The molecule has 6 nitrogen and oxygen atoms in total. The third-order valence-electron chi connectivity index (χ3n) is 3.50. The van der Waals surface area contributed by atoms with Gasteiger partial charge in [-0.15, -0.1) is 24.0 Å². The van der Waals surface area contributed by atoms with E-state index in [9.17, 15) is 0 Å². The predicted octanol–water partition coefficient (Wildman–Crippen LogP) is 3.08. The fourth-order valence-corrected chi connectivity index (χ4v) is 2.23. The number of rotatable bonds is 7. The third-order valence-corrected chi connectivity index (χ3v) is 3.50. The second kappa shape index (κ2) is 11.0. The molecule has 0 saturated heterocycles. The Morgan fingerprint density at radius 2 is 2.17 bits per heavy atom. The maximum absolute atomic E-state index is 4.73. The highest BCUT2D eigenvalue weighted by Crippen LogP contribution is 2.07. The normalized spacial score (nSPS) is 11.0. The molecule has 0 spiro atoms. The Labute approximate surface area is 161 Å². The van der Waals surface area contributed by atoms with Gasteiger partial charge in [0.15, 0.2) is 11.8 Å². The molecular formula is C17H27IN6. The minimum absolute atomic E-state index is 0. The number of halogens is 1. The Morgan fingerprint density at radius 3 is 2.83 bits per heavy atom. The summed E-state index contributed by atoms with van der Waals surface area (Å²) in [5.74, 6) is 1.76. The van der Waals surface area contributed by atoms with E-state index in [4.69, 9.17) is 4.99 Å². The topological polar surface area (TPSA) is 58.3 Å². The Hall–Kier alpha value is -1.64. The molecule has 0 atom stereocenters. The third kappa shape index (κ3) is 6.10. The smallest absolute Gasteiger partial charge is 0.193 e. The molecule has 2 rings (SSSR count). The van der Waals surface area contributed by atoms with Gasteiger partial charge in [0.2, 0.25) is 0 Å². The summed E-state index contributed by atoms with van der Waals surface area (Å²) in [6.07, 6.45) is 7.78. The highest BCUT2D eigenvalue weighted by atomic mass is 127. The van der Waals surface area contributed by atoms with E-state index >= 15 is 0 Å². The van der Waals surface area contributed by atoms with Crippen LogP contribution in [0.15, 0.2) is 41.8 Å². The summed E-state index contributed by atoms with van der Waals surface area (Å²) in [6.45, 7) is 6.79. The van der Waals surface area contributed by atoms with Crippen molar-refractivity contribution in [3.8, 4) is 5.82 Å². The number of nitrogens with zero attached hydrogens (tertiary/aromatic N) is 5. The number of nitrogens with one attached hydrogen (secondary N) is 1. The van der Waals surface area contributed by atoms with Crippen molar-refractivity contribution >= 4 is 29.9 Å². The van der Waals surface area contributed by atoms with Gasteiger partial charge >= 0.3 is 0 Å². The van der Waals surface area contributed by atoms with Gasteiger partial charge in [0.1, 0.15) is 0 Å². The highest BCUT2D eigenvalue weighted by Gasteiger charge is 2.05. The first-order valence-electron chi connectivity index (χ1n) is 8.19. The van der Waals surface area contributed by atoms with Gasteiger partial charge in [-0.05, 0) is 37.1 Å². The van der Waals surface area contributed by atoms with Crippen LogP contribution in [0.4, 0.5) is 0 Å². The first-order chi connectivity index (χ1) is 11.2. The van der Waals surface area contributed by atoms with E-state index in [2.05, 4.69) is 41.2 Å². The highest BCUT2D eigenvalue weighted by molar-refractivity contribution is 14.0.